The van der Waals surface area contributed by atoms with Crippen molar-refractivity contribution in [1.29, 1.82) is 0 Å². The maximum Gasteiger partial charge on any atom is 0.243 e. The molecule has 1 amide bonds. The number of nitrogens with zero attached hydrogens (tertiary/aromatic N) is 2. The second kappa shape index (κ2) is 8.26. The fourth-order valence-corrected chi connectivity index (χ4v) is 3.63. The molecule has 0 unspecified atom stereocenters. The van der Waals surface area contributed by atoms with E-state index in [0.29, 0.717) is 18.1 Å². The van der Waals surface area contributed by atoms with Gasteiger partial charge in [0.1, 0.15) is 5.76 Å². The van der Waals surface area contributed by atoms with Gasteiger partial charge in [0, 0.05) is 12.6 Å². The largest absolute Gasteiger partial charge is 0.360 e. The molecule has 0 spiro atoms. The maximum atomic E-state index is 12.8. The molecule has 1 heterocycles. The van der Waals surface area contributed by atoms with Crippen molar-refractivity contribution in [2.75, 3.05) is 18.4 Å². The lowest BCUT2D eigenvalue weighted by Crippen LogP contribution is -2.39. The molecule has 0 aliphatic rings. The molecule has 0 aliphatic carbocycles. The zero-order valence-corrected chi connectivity index (χ0v) is 15.4. The molecule has 2 aromatic rings. The summed E-state index contributed by atoms with van der Waals surface area (Å²) in [7, 11) is -3.75. The lowest BCUT2D eigenvalue weighted by atomic mass is 10.1. The van der Waals surface area contributed by atoms with Gasteiger partial charge < -0.3 is 9.84 Å². The van der Waals surface area contributed by atoms with Crippen molar-refractivity contribution in [2.45, 2.75) is 32.1 Å². The molecular formula is C17H23N3O4S. The van der Waals surface area contributed by atoms with Crippen molar-refractivity contribution >= 4 is 21.7 Å². The Hall–Kier alpha value is -2.19. The van der Waals surface area contributed by atoms with Gasteiger partial charge in [-0.15, -0.1) is 0 Å². The number of aryl methyl sites for hydroxylation is 1. The second-order valence-corrected chi connectivity index (χ2v) is 8.14. The number of hydrogen-bond donors (Lipinski definition) is 1. The van der Waals surface area contributed by atoms with E-state index in [9.17, 15) is 13.2 Å². The van der Waals surface area contributed by atoms with E-state index in [1.807, 2.05) is 13.8 Å². The first-order valence-electron chi connectivity index (χ1n) is 8.07. The van der Waals surface area contributed by atoms with Crippen molar-refractivity contribution in [1.82, 2.24) is 9.46 Å². The van der Waals surface area contributed by atoms with E-state index in [1.165, 1.54) is 16.4 Å². The lowest BCUT2D eigenvalue weighted by molar-refractivity contribution is -0.116. The monoisotopic (exact) mass is 365 g/mol. The molecule has 0 saturated heterocycles. The number of aromatic nitrogens is 1. The molecule has 0 bridgehead atoms. The van der Waals surface area contributed by atoms with Gasteiger partial charge in [0.2, 0.25) is 15.9 Å². The van der Waals surface area contributed by atoms with Crippen LogP contribution in [0.1, 0.15) is 26.0 Å². The summed E-state index contributed by atoms with van der Waals surface area (Å²) < 4.78 is 31.8. The molecule has 7 nitrogen and oxygen atoms in total. The van der Waals surface area contributed by atoms with Crippen LogP contribution in [0.25, 0.3) is 0 Å². The van der Waals surface area contributed by atoms with E-state index in [1.54, 1.807) is 31.2 Å². The third kappa shape index (κ3) is 5.40. The Labute approximate surface area is 148 Å². The summed E-state index contributed by atoms with van der Waals surface area (Å²) in [5.41, 5.74) is 0. The van der Waals surface area contributed by atoms with Crippen molar-refractivity contribution in [3.8, 4) is 0 Å². The Bertz CT molecular complexity index is 800. The van der Waals surface area contributed by atoms with Gasteiger partial charge in [-0.05, 0) is 31.4 Å². The normalized spacial score (nSPS) is 11.9. The zero-order chi connectivity index (χ0) is 18.4. The first-order chi connectivity index (χ1) is 11.8. The summed E-state index contributed by atoms with van der Waals surface area (Å²) in [4.78, 5) is 12.4. The van der Waals surface area contributed by atoms with Gasteiger partial charge >= 0.3 is 0 Å². The van der Waals surface area contributed by atoms with Crippen molar-refractivity contribution in [2.24, 2.45) is 5.92 Å². The van der Waals surface area contributed by atoms with Crippen LogP contribution in [0.5, 0.6) is 0 Å². The number of carbonyl (C=O) groups excluding carboxylic acids is 1. The molecule has 0 fully saturated rings. The van der Waals surface area contributed by atoms with E-state index >= 15 is 0 Å². The Morgan fingerprint density at radius 1 is 1.28 bits per heavy atom. The molecule has 0 radical (unpaired) electrons. The minimum absolute atomic E-state index is 0.170. The van der Waals surface area contributed by atoms with E-state index in [4.69, 9.17) is 4.52 Å². The first-order valence-corrected chi connectivity index (χ1v) is 9.51. The van der Waals surface area contributed by atoms with E-state index in [-0.39, 0.29) is 23.8 Å². The van der Waals surface area contributed by atoms with Gasteiger partial charge in [-0.1, -0.05) is 37.2 Å². The molecule has 1 aromatic carbocycles. The number of carbonyl (C=O) groups is 1. The maximum absolute atomic E-state index is 12.8. The Morgan fingerprint density at radius 2 is 1.96 bits per heavy atom. The Morgan fingerprint density at radius 3 is 2.52 bits per heavy atom. The summed E-state index contributed by atoms with van der Waals surface area (Å²) >= 11 is 0. The predicted molar refractivity (Wildman–Crippen MR) is 94.5 cm³/mol. The van der Waals surface area contributed by atoms with Crippen LogP contribution >= 0.6 is 0 Å². The average Bonchev–Trinajstić information content (AvgIpc) is 2.96. The van der Waals surface area contributed by atoms with Crippen LogP contribution in [-0.2, 0) is 14.8 Å². The number of sulfonamides is 1. The molecule has 1 N–H and O–H groups in total. The van der Waals surface area contributed by atoms with E-state index < -0.39 is 15.9 Å². The summed E-state index contributed by atoms with van der Waals surface area (Å²) in [6.07, 6.45) is 0.655. The summed E-state index contributed by atoms with van der Waals surface area (Å²) in [5, 5.41) is 6.24. The quantitative estimate of drug-likeness (QED) is 0.776. The molecular weight excluding hydrogens is 342 g/mol. The third-order valence-corrected chi connectivity index (χ3v) is 5.41. The number of hydrogen-bond acceptors (Lipinski definition) is 5. The number of rotatable bonds is 8. The fraction of sp³-hybridized carbons (Fsp3) is 0.412. The number of amides is 1. The Balaban J connectivity index is 2.16. The molecule has 0 saturated carbocycles. The summed E-state index contributed by atoms with van der Waals surface area (Å²) in [6.45, 7) is 5.70. The summed E-state index contributed by atoms with van der Waals surface area (Å²) in [5.74, 6) is 0.679. The Kier molecular flexibility index (Phi) is 6.33. The number of benzene rings is 1. The van der Waals surface area contributed by atoms with Crippen LogP contribution in [-0.4, -0.2) is 36.9 Å². The van der Waals surface area contributed by atoms with Gasteiger partial charge in [0.05, 0.1) is 11.4 Å². The van der Waals surface area contributed by atoms with Crippen molar-refractivity contribution < 1.29 is 17.7 Å². The molecule has 136 valence electrons. The molecule has 2 rings (SSSR count). The molecule has 0 atom stereocenters. The molecule has 8 heteroatoms. The van der Waals surface area contributed by atoms with Gasteiger partial charge in [-0.25, -0.2) is 8.42 Å². The van der Waals surface area contributed by atoms with Gasteiger partial charge in [-0.2, -0.15) is 4.31 Å². The smallest absolute Gasteiger partial charge is 0.243 e. The standard InChI is InChI=1S/C17H23N3O4S/c1-13(2)9-10-20(25(22,23)15-7-5-4-6-8-15)12-17(21)18-16-11-14(3)24-19-16/h4-8,11,13H,9-10,12H2,1-3H3,(H,18,19,21). The minimum Gasteiger partial charge on any atom is -0.360 e. The third-order valence-electron chi connectivity index (χ3n) is 3.55. The SMILES string of the molecule is Cc1cc(NC(=O)CN(CCC(C)C)S(=O)(=O)c2ccccc2)no1. The van der Waals surface area contributed by atoms with Crippen molar-refractivity contribution in [3.63, 3.8) is 0 Å². The first kappa shape index (κ1) is 19.1. The minimum atomic E-state index is -3.75. The fourth-order valence-electron chi connectivity index (χ4n) is 2.20. The van der Waals surface area contributed by atoms with Gasteiger partial charge in [0.25, 0.3) is 0 Å². The highest BCUT2D eigenvalue weighted by Crippen LogP contribution is 2.17. The van der Waals surface area contributed by atoms with Crippen LogP contribution in [0.4, 0.5) is 5.82 Å². The second-order valence-electron chi connectivity index (χ2n) is 6.21. The van der Waals surface area contributed by atoms with Crippen LogP contribution in [0, 0.1) is 12.8 Å². The topological polar surface area (TPSA) is 92.5 Å². The number of nitrogens with one attached hydrogen (secondary N) is 1. The highest BCUT2D eigenvalue weighted by atomic mass is 32.2. The van der Waals surface area contributed by atoms with Crippen LogP contribution < -0.4 is 5.32 Å². The molecule has 0 aliphatic heterocycles. The lowest BCUT2D eigenvalue weighted by Gasteiger charge is -2.22. The highest BCUT2D eigenvalue weighted by molar-refractivity contribution is 7.89. The predicted octanol–water partition coefficient (Wildman–Crippen LogP) is 2.66. The van der Waals surface area contributed by atoms with Gasteiger partial charge in [-0.3, -0.25) is 4.79 Å². The number of anilines is 1. The molecule has 25 heavy (non-hydrogen) atoms. The van der Waals surface area contributed by atoms with Gasteiger partial charge in [0.15, 0.2) is 5.82 Å². The van der Waals surface area contributed by atoms with Crippen LogP contribution in [0.15, 0.2) is 45.8 Å². The summed E-state index contributed by atoms with van der Waals surface area (Å²) in [6, 6.07) is 9.68. The van der Waals surface area contributed by atoms with E-state index in [0.717, 1.165) is 0 Å². The van der Waals surface area contributed by atoms with Crippen LogP contribution in [0.2, 0.25) is 0 Å². The zero-order valence-electron chi connectivity index (χ0n) is 14.6. The average molecular weight is 365 g/mol. The highest BCUT2D eigenvalue weighted by Gasteiger charge is 2.26. The van der Waals surface area contributed by atoms with E-state index in [2.05, 4.69) is 10.5 Å². The van der Waals surface area contributed by atoms with Crippen LogP contribution in [0.3, 0.4) is 0 Å². The van der Waals surface area contributed by atoms with Crippen molar-refractivity contribution in [3.05, 3.63) is 42.2 Å². The molecule has 1 aromatic heterocycles.